The highest BCUT2D eigenvalue weighted by atomic mass is 32.2. The van der Waals surface area contributed by atoms with Crippen LogP contribution in [-0.4, -0.2) is 53.1 Å². The molecule has 0 spiro atoms. The molecule has 0 aromatic carbocycles. The average molecular weight is 752 g/mol. The Kier molecular flexibility index (Phi) is 36.3. The summed E-state index contributed by atoms with van der Waals surface area (Å²) >= 11 is 0. The van der Waals surface area contributed by atoms with Crippen molar-refractivity contribution in [2.24, 2.45) is 0 Å². The second-order valence-corrected chi connectivity index (χ2v) is 16.2. The fraction of sp³-hybridized carbons (Fsp3) is 0.795. The van der Waals surface area contributed by atoms with E-state index in [1.807, 2.05) is 0 Å². The van der Waals surface area contributed by atoms with E-state index >= 15 is 0 Å². The third kappa shape index (κ3) is 36.6. The number of rotatable bonds is 38. The van der Waals surface area contributed by atoms with Crippen LogP contribution in [0.25, 0.3) is 0 Å². The van der Waals surface area contributed by atoms with Crippen molar-refractivity contribution in [2.45, 2.75) is 218 Å². The molecule has 0 aromatic rings. The van der Waals surface area contributed by atoms with Crippen LogP contribution in [0.1, 0.15) is 200 Å². The molecule has 304 valence electrons. The van der Waals surface area contributed by atoms with Crippen LogP contribution < -0.4 is 5.32 Å². The van der Waals surface area contributed by atoms with E-state index < -0.39 is 40.0 Å². The van der Waals surface area contributed by atoms with Gasteiger partial charge in [0.2, 0.25) is 5.91 Å². The lowest BCUT2D eigenvalue weighted by Gasteiger charge is -2.22. The first-order chi connectivity index (χ1) is 25.2. The lowest BCUT2D eigenvalue weighted by molar-refractivity contribution is -0.130. The predicted molar refractivity (Wildman–Crippen MR) is 222 cm³/mol. The Bertz CT molecular complexity index is 1020. The molecule has 0 rings (SSSR count). The lowest BCUT2D eigenvalue weighted by atomic mass is 10.0. The number of carbonyl (C=O) groups excluding carboxylic acids is 1. The van der Waals surface area contributed by atoms with Crippen molar-refractivity contribution in [1.82, 2.24) is 5.32 Å². The van der Waals surface area contributed by atoms with Gasteiger partial charge in [0.25, 0.3) is 10.1 Å². The smallest absolute Gasteiger partial charge is 0.267 e. The molecule has 8 heteroatoms. The van der Waals surface area contributed by atoms with Gasteiger partial charge in [-0.3, -0.25) is 9.35 Å². The van der Waals surface area contributed by atoms with E-state index in [0.29, 0.717) is 12.8 Å². The molecular weight excluding hydrogens is 671 g/mol. The van der Waals surface area contributed by atoms with Gasteiger partial charge in [-0.1, -0.05) is 178 Å². The van der Waals surface area contributed by atoms with Crippen LogP contribution in [0, 0.1) is 0 Å². The first-order valence-electron chi connectivity index (χ1n) is 21.4. The predicted octanol–water partition coefficient (Wildman–Crippen LogP) is 11.7. The number of amides is 1. The summed E-state index contributed by atoms with van der Waals surface area (Å²) in [6, 6.07) is -1.26. The van der Waals surface area contributed by atoms with Crippen LogP contribution in [-0.2, 0) is 14.9 Å². The second-order valence-electron chi connectivity index (χ2n) is 14.7. The monoisotopic (exact) mass is 752 g/mol. The topological polar surface area (TPSA) is 124 Å². The molecule has 0 saturated heterocycles. The Morgan fingerprint density at radius 1 is 0.519 bits per heavy atom. The molecule has 52 heavy (non-hydrogen) atoms. The Labute approximate surface area is 321 Å². The quantitative estimate of drug-likeness (QED) is 0.0283. The molecule has 3 unspecified atom stereocenters. The fourth-order valence-corrected chi connectivity index (χ4v) is 6.98. The van der Waals surface area contributed by atoms with Crippen molar-refractivity contribution in [2.75, 3.05) is 5.75 Å². The fourth-order valence-electron chi connectivity index (χ4n) is 6.25. The van der Waals surface area contributed by atoms with Gasteiger partial charge in [-0.2, -0.15) is 8.42 Å². The highest BCUT2D eigenvalue weighted by Crippen LogP contribution is 2.13. The van der Waals surface area contributed by atoms with Crippen molar-refractivity contribution >= 4 is 16.0 Å². The number of carbonyl (C=O) groups is 1. The zero-order chi connectivity index (χ0) is 38.4. The second kappa shape index (κ2) is 37.6. The molecule has 0 radical (unpaired) electrons. The van der Waals surface area contributed by atoms with Gasteiger partial charge in [-0.25, -0.2) is 0 Å². The van der Waals surface area contributed by atoms with Crippen LogP contribution in [0.3, 0.4) is 0 Å². The summed E-state index contributed by atoms with van der Waals surface area (Å²) in [6.45, 7) is 4.50. The lowest BCUT2D eigenvalue weighted by Crippen LogP contribution is -2.50. The molecule has 1 amide bonds. The molecule has 7 nitrogen and oxygen atoms in total. The van der Waals surface area contributed by atoms with E-state index in [0.717, 1.165) is 51.4 Å². The molecule has 0 saturated carbocycles. The third-order valence-corrected chi connectivity index (χ3v) is 10.3. The molecule has 0 fully saturated rings. The van der Waals surface area contributed by atoms with E-state index in [-0.39, 0.29) is 6.42 Å². The number of hydrogen-bond acceptors (Lipinski definition) is 5. The highest BCUT2D eigenvalue weighted by Gasteiger charge is 2.27. The van der Waals surface area contributed by atoms with Gasteiger partial charge in [0.1, 0.15) is 6.10 Å². The van der Waals surface area contributed by atoms with Crippen LogP contribution in [0.15, 0.2) is 48.6 Å². The van der Waals surface area contributed by atoms with E-state index in [9.17, 15) is 28.0 Å². The molecular formula is C44H81NO6S. The number of aliphatic hydroxyl groups is 2. The number of unbranched alkanes of at least 4 members (excludes halogenated alkanes) is 23. The maximum absolute atomic E-state index is 12.6. The molecule has 0 aliphatic heterocycles. The summed E-state index contributed by atoms with van der Waals surface area (Å²) in [6.07, 6.45) is 47.4. The Morgan fingerprint density at radius 3 is 1.27 bits per heavy atom. The Morgan fingerprint density at radius 2 is 0.865 bits per heavy atom. The summed E-state index contributed by atoms with van der Waals surface area (Å²) in [7, 11) is -4.46. The number of aliphatic hydroxyl groups excluding tert-OH is 2. The Hall–Kier alpha value is -1.74. The Balaban J connectivity index is 4.09. The van der Waals surface area contributed by atoms with Gasteiger partial charge in [0, 0.05) is 0 Å². The number of hydrogen-bond donors (Lipinski definition) is 4. The van der Waals surface area contributed by atoms with Crippen molar-refractivity contribution < 1.29 is 28.0 Å². The summed E-state index contributed by atoms with van der Waals surface area (Å²) in [4.78, 5) is 12.6. The van der Waals surface area contributed by atoms with Gasteiger partial charge < -0.3 is 15.5 Å². The summed E-state index contributed by atoms with van der Waals surface area (Å²) < 4.78 is 32.5. The molecule has 0 aliphatic rings. The zero-order valence-electron chi connectivity index (χ0n) is 33.5. The minimum absolute atomic E-state index is 0.263. The van der Waals surface area contributed by atoms with Crippen LogP contribution in [0.2, 0.25) is 0 Å². The van der Waals surface area contributed by atoms with Gasteiger partial charge in [0.15, 0.2) is 0 Å². The minimum atomic E-state index is -4.46. The summed E-state index contributed by atoms with van der Waals surface area (Å²) in [5, 5.41) is 23.4. The van der Waals surface area contributed by atoms with Gasteiger partial charge in [-0.05, 0) is 70.6 Å². The maximum atomic E-state index is 12.6. The SMILES string of the molecule is CCCCCCCC/C=C/CC/C=C/CC/C=C/C(O)C(CS(=O)(=O)O)NC(=O)C(O)CCCCCCCC/C=C\CCCCCCCCCCC. The summed E-state index contributed by atoms with van der Waals surface area (Å²) in [5.74, 6) is -1.57. The molecule has 0 aliphatic carbocycles. The van der Waals surface area contributed by atoms with Crippen molar-refractivity contribution in [3.8, 4) is 0 Å². The van der Waals surface area contributed by atoms with E-state index in [1.54, 1.807) is 6.08 Å². The van der Waals surface area contributed by atoms with E-state index in [1.165, 1.54) is 122 Å². The summed E-state index contributed by atoms with van der Waals surface area (Å²) in [5.41, 5.74) is 0. The molecule has 0 bridgehead atoms. The van der Waals surface area contributed by atoms with Crippen molar-refractivity contribution in [1.29, 1.82) is 0 Å². The highest BCUT2D eigenvalue weighted by molar-refractivity contribution is 7.85. The minimum Gasteiger partial charge on any atom is -0.387 e. The first kappa shape index (κ1) is 50.3. The third-order valence-electron chi connectivity index (χ3n) is 9.56. The molecule has 4 N–H and O–H groups in total. The van der Waals surface area contributed by atoms with Crippen LogP contribution in [0.4, 0.5) is 0 Å². The van der Waals surface area contributed by atoms with Crippen LogP contribution >= 0.6 is 0 Å². The van der Waals surface area contributed by atoms with Gasteiger partial charge >= 0.3 is 0 Å². The molecule has 3 atom stereocenters. The van der Waals surface area contributed by atoms with E-state index in [4.69, 9.17) is 0 Å². The first-order valence-corrected chi connectivity index (χ1v) is 23.1. The standard InChI is InChI=1S/C44H81NO6S/c1-3-5-7-9-11-13-15-17-19-21-22-23-25-27-29-31-33-35-37-39-43(47)44(48)45-41(40-52(49,50)51)42(46)38-36-34-32-30-28-26-24-20-18-16-14-12-10-8-6-4-2/h18,20,22-23,28,30,36,38,41-43,46-47H,3-17,19,21,24-27,29,31-35,37,39-40H2,1-2H3,(H,45,48)(H,49,50,51)/b20-18+,23-22-,30-28+,38-36+. The largest absolute Gasteiger partial charge is 0.387 e. The van der Waals surface area contributed by atoms with E-state index in [2.05, 4.69) is 55.6 Å². The zero-order valence-corrected chi connectivity index (χ0v) is 34.4. The number of allylic oxidation sites excluding steroid dienone is 7. The van der Waals surface area contributed by atoms with Crippen LogP contribution in [0.5, 0.6) is 0 Å². The maximum Gasteiger partial charge on any atom is 0.267 e. The van der Waals surface area contributed by atoms with Gasteiger partial charge in [0.05, 0.1) is 17.9 Å². The van der Waals surface area contributed by atoms with Crippen molar-refractivity contribution in [3.63, 3.8) is 0 Å². The van der Waals surface area contributed by atoms with Crippen molar-refractivity contribution in [3.05, 3.63) is 48.6 Å². The molecule has 0 heterocycles. The van der Waals surface area contributed by atoms with Gasteiger partial charge in [-0.15, -0.1) is 0 Å². The normalized spacial score (nSPS) is 14.3. The molecule has 0 aromatic heterocycles. The average Bonchev–Trinajstić information content (AvgIpc) is 3.11. The number of nitrogens with one attached hydrogen (secondary N) is 1.